The van der Waals surface area contributed by atoms with Gasteiger partial charge in [0.2, 0.25) is 0 Å². The SMILES string of the molecule is O=C(O)C1CN(C(CO)CO)S(=O)(=O)c2c(-c3cccc(C(F)(F)F)c3)c(Cc3cccc4ccccc34)cc(=O)n21. The van der Waals surface area contributed by atoms with Crippen LogP contribution in [0.25, 0.3) is 21.9 Å². The number of fused-ring (bicyclic) bond motifs is 2. The molecule has 1 aliphatic rings. The third-order valence-electron chi connectivity index (χ3n) is 7.36. The van der Waals surface area contributed by atoms with E-state index in [-0.39, 0.29) is 23.1 Å². The zero-order valence-electron chi connectivity index (χ0n) is 21.8. The van der Waals surface area contributed by atoms with Gasteiger partial charge in [0.1, 0.15) is 6.04 Å². The van der Waals surface area contributed by atoms with E-state index in [0.29, 0.717) is 14.4 Å². The number of carbonyl (C=O) groups is 1. The summed E-state index contributed by atoms with van der Waals surface area (Å²) in [5.41, 5.74) is -1.84. The normalized spacial score (nSPS) is 17.0. The van der Waals surface area contributed by atoms with Crippen LogP contribution in [0.2, 0.25) is 0 Å². The van der Waals surface area contributed by atoms with Crippen LogP contribution in [0.3, 0.4) is 0 Å². The Hall–Kier alpha value is -4.04. The first-order chi connectivity index (χ1) is 19.9. The number of alkyl halides is 3. The average molecular weight is 603 g/mol. The van der Waals surface area contributed by atoms with Crippen molar-refractivity contribution in [1.82, 2.24) is 8.87 Å². The minimum Gasteiger partial charge on any atom is -0.480 e. The van der Waals surface area contributed by atoms with Gasteiger partial charge in [-0.1, -0.05) is 54.6 Å². The molecule has 0 saturated heterocycles. The second kappa shape index (κ2) is 11.0. The number of carboxylic acids is 1. The van der Waals surface area contributed by atoms with Crippen LogP contribution in [-0.4, -0.2) is 64.4 Å². The Morgan fingerprint density at radius 3 is 2.29 bits per heavy atom. The lowest BCUT2D eigenvalue weighted by Gasteiger charge is -2.38. The topological polar surface area (TPSA) is 137 Å². The van der Waals surface area contributed by atoms with Crippen LogP contribution < -0.4 is 5.56 Å². The summed E-state index contributed by atoms with van der Waals surface area (Å²) in [6.45, 7) is -2.54. The molecule has 0 saturated carbocycles. The van der Waals surface area contributed by atoms with Crippen LogP contribution in [0.5, 0.6) is 0 Å². The fraction of sp³-hybridized carbons (Fsp3) is 0.241. The van der Waals surface area contributed by atoms with Crippen molar-refractivity contribution in [1.29, 1.82) is 0 Å². The van der Waals surface area contributed by atoms with E-state index in [9.17, 15) is 46.5 Å². The number of halogens is 3. The summed E-state index contributed by atoms with van der Waals surface area (Å²) in [7, 11) is -4.85. The molecule has 3 N–H and O–H groups in total. The molecule has 13 heteroatoms. The minimum absolute atomic E-state index is 0.0565. The second-order valence-electron chi connectivity index (χ2n) is 9.90. The maximum Gasteiger partial charge on any atom is 0.416 e. The maximum atomic E-state index is 14.1. The molecule has 4 aromatic rings. The van der Waals surface area contributed by atoms with E-state index in [0.717, 1.165) is 35.0 Å². The van der Waals surface area contributed by atoms with Crippen molar-refractivity contribution in [2.45, 2.75) is 29.7 Å². The highest BCUT2D eigenvalue weighted by Gasteiger charge is 2.46. The van der Waals surface area contributed by atoms with E-state index in [1.54, 1.807) is 18.2 Å². The second-order valence-corrected chi connectivity index (χ2v) is 11.7. The summed E-state index contributed by atoms with van der Waals surface area (Å²) in [6.07, 6.45) is -4.86. The van der Waals surface area contributed by atoms with Gasteiger partial charge in [-0.2, -0.15) is 17.5 Å². The van der Waals surface area contributed by atoms with Crippen molar-refractivity contribution in [3.05, 3.63) is 99.8 Å². The molecule has 1 aliphatic heterocycles. The standard InChI is InChI=1S/C29H25F3N2O7S/c30-29(31,32)21-9-4-8-19(12-21)26-20(11-18-7-3-6-17-5-1-2-10-23(17)18)13-25(37)34-24(28(38)39)14-33(22(15-35)16-36)42(40,41)27(26)34/h1-10,12-13,22,24,35-36H,11,14-16H2,(H,38,39). The Morgan fingerprint density at radius 2 is 1.62 bits per heavy atom. The van der Waals surface area contributed by atoms with Crippen molar-refractivity contribution >= 4 is 26.8 Å². The van der Waals surface area contributed by atoms with Crippen molar-refractivity contribution in [3.8, 4) is 11.1 Å². The maximum absolute atomic E-state index is 14.1. The molecule has 0 spiro atoms. The van der Waals surface area contributed by atoms with E-state index in [2.05, 4.69) is 0 Å². The van der Waals surface area contributed by atoms with Gasteiger partial charge in [0, 0.05) is 18.2 Å². The molecule has 5 rings (SSSR count). The number of aliphatic hydroxyl groups excluding tert-OH is 2. The van der Waals surface area contributed by atoms with Gasteiger partial charge in [-0.3, -0.25) is 9.36 Å². The van der Waals surface area contributed by atoms with E-state index >= 15 is 0 Å². The number of carboxylic acid groups (broad SMARTS) is 1. The zero-order valence-corrected chi connectivity index (χ0v) is 22.6. The molecule has 0 aliphatic carbocycles. The lowest BCUT2D eigenvalue weighted by atomic mass is 9.93. The summed E-state index contributed by atoms with van der Waals surface area (Å²) < 4.78 is 70.7. The summed E-state index contributed by atoms with van der Waals surface area (Å²) in [6, 6.07) is 14.3. The van der Waals surface area contributed by atoms with Gasteiger partial charge >= 0.3 is 12.1 Å². The Bertz CT molecular complexity index is 1850. The monoisotopic (exact) mass is 602 g/mol. The number of rotatable bonds is 7. The van der Waals surface area contributed by atoms with E-state index < -0.39 is 70.2 Å². The Morgan fingerprint density at radius 1 is 0.952 bits per heavy atom. The molecule has 3 aromatic carbocycles. The number of hydrogen-bond donors (Lipinski definition) is 3. The smallest absolute Gasteiger partial charge is 0.416 e. The molecule has 1 atom stereocenters. The highest BCUT2D eigenvalue weighted by atomic mass is 32.2. The predicted octanol–water partition coefficient (Wildman–Crippen LogP) is 3.26. The summed E-state index contributed by atoms with van der Waals surface area (Å²) in [4.78, 5) is 25.8. The van der Waals surface area contributed by atoms with Crippen LogP contribution in [0.15, 0.2) is 82.6 Å². The van der Waals surface area contributed by atoms with Gasteiger partial charge in [0.15, 0.2) is 5.03 Å². The van der Waals surface area contributed by atoms with E-state index in [4.69, 9.17) is 0 Å². The number of nitrogens with zero attached hydrogens (tertiary/aromatic N) is 2. The van der Waals surface area contributed by atoms with Crippen molar-refractivity contribution in [3.63, 3.8) is 0 Å². The number of aromatic nitrogens is 1. The number of sulfonamides is 1. The minimum atomic E-state index is -4.85. The quantitative estimate of drug-likeness (QED) is 0.295. The third-order valence-corrected chi connectivity index (χ3v) is 9.31. The zero-order chi connectivity index (χ0) is 30.4. The predicted molar refractivity (Wildman–Crippen MR) is 146 cm³/mol. The molecule has 0 radical (unpaired) electrons. The number of benzene rings is 3. The van der Waals surface area contributed by atoms with E-state index in [1.807, 2.05) is 24.3 Å². The van der Waals surface area contributed by atoms with Crippen LogP contribution in [0.4, 0.5) is 13.2 Å². The lowest BCUT2D eigenvalue weighted by molar-refractivity contribution is -0.142. The highest BCUT2D eigenvalue weighted by Crippen LogP contribution is 2.40. The molecule has 42 heavy (non-hydrogen) atoms. The average Bonchev–Trinajstić information content (AvgIpc) is 2.94. The first-order valence-electron chi connectivity index (χ1n) is 12.8. The first-order valence-corrected chi connectivity index (χ1v) is 14.2. The summed E-state index contributed by atoms with van der Waals surface area (Å²) in [5.74, 6) is -1.58. The Balaban J connectivity index is 1.89. The van der Waals surface area contributed by atoms with Gasteiger partial charge in [-0.05, 0) is 46.0 Å². The largest absolute Gasteiger partial charge is 0.480 e. The third kappa shape index (κ3) is 5.09. The van der Waals surface area contributed by atoms with Crippen LogP contribution in [-0.2, 0) is 27.4 Å². The fourth-order valence-corrected chi connectivity index (χ4v) is 7.44. The van der Waals surface area contributed by atoms with Crippen LogP contribution >= 0.6 is 0 Å². The number of pyridine rings is 1. The Kier molecular flexibility index (Phi) is 7.70. The molecule has 220 valence electrons. The highest BCUT2D eigenvalue weighted by molar-refractivity contribution is 7.89. The van der Waals surface area contributed by atoms with Gasteiger partial charge in [-0.25, -0.2) is 13.2 Å². The molecule has 1 unspecified atom stereocenters. The number of aliphatic carboxylic acids is 1. The molecule has 9 nitrogen and oxygen atoms in total. The van der Waals surface area contributed by atoms with Crippen molar-refractivity contribution in [2.75, 3.05) is 19.8 Å². The van der Waals surface area contributed by atoms with E-state index in [1.165, 1.54) is 6.07 Å². The van der Waals surface area contributed by atoms with Crippen LogP contribution in [0, 0.1) is 0 Å². The van der Waals surface area contributed by atoms with Crippen LogP contribution in [0.1, 0.15) is 22.7 Å². The van der Waals surface area contributed by atoms with Gasteiger partial charge < -0.3 is 15.3 Å². The molecule has 0 fully saturated rings. The first kappa shape index (κ1) is 29.5. The molecule has 1 aromatic heterocycles. The molecular weight excluding hydrogens is 577 g/mol. The lowest BCUT2D eigenvalue weighted by Crippen LogP contribution is -2.54. The van der Waals surface area contributed by atoms with Gasteiger partial charge in [-0.15, -0.1) is 0 Å². The van der Waals surface area contributed by atoms with Gasteiger partial charge in [0.25, 0.3) is 15.6 Å². The number of hydrogen-bond acceptors (Lipinski definition) is 6. The fourth-order valence-electron chi connectivity index (χ4n) is 5.38. The summed E-state index contributed by atoms with van der Waals surface area (Å²) in [5, 5.41) is 30.4. The molecular formula is C29H25F3N2O7S. The molecule has 2 heterocycles. The Labute approximate surface area is 237 Å². The van der Waals surface area contributed by atoms with Crippen molar-refractivity contribution < 1.29 is 41.7 Å². The van der Waals surface area contributed by atoms with Crippen molar-refractivity contribution in [2.24, 2.45) is 0 Å². The molecule has 0 amide bonds. The molecule has 0 bridgehead atoms. The number of aliphatic hydroxyl groups is 2. The summed E-state index contributed by atoms with van der Waals surface area (Å²) >= 11 is 0. The van der Waals surface area contributed by atoms with Gasteiger partial charge in [0.05, 0.1) is 24.8 Å².